The van der Waals surface area contributed by atoms with E-state index in [1.165, 1.54) is 0 Å². The van der Waals surface area contributed by atoms with Gasteiger partial charge in [-0.15, -0.1) is 5.10 Å². The van der Waals surface area contributed by atoms with Crippen molar-refractivity contribution in [1.29, 1.82) is 0 Å². The minimum Gasteiger partial charge on any atom is -0.319 e. The summed E-state index contributed by atoms with van der Waals surface area (Å²) in [4.78, 5) is 20.8. The van der Waals surface area contributed by atoms with Crippen LogP contribution in [0.5, 0.6) is 0 Å². The minimum absolute atomic E-state index is 0.0751. The van der Waals surface area contributed by atoms with Crippen LogP contribution in [0.4, 0.5) is 5.69 Å². The second-order valence-electron chi connectivity index (χ2n) is 5.82. The van der Waals surface area contributed by atoms with Crippen LogP contribution in [0.15, 0.2) is 67.3 Å². The van der Waals surface area contributed by atoms with Gasteiger partial charge >= 0.3 is 0 Å². The molecule has 0 saturated carbocycles. The average Bonchev–Trinajstić information content (AvgIpc) is 3.33. The number of hydrogen-bond acceptors (Lipinski definition) is 4. The Morgan fingerprint density at radius 1 is 1.11 bits per heavy atom. The van der Waals surface area contributed by atoms with Crippen molar-refractivity contribution in [2.24, 2.45) is 0 Å². The fourth-order valence-electron chi connectivity index (χ4n) is 2.65. The normalized spacial score (nSPS) is 10.7. The molecule has 0 spiro atoms. The van der Waals surface area contributed by atoms with E-state index in [9.17, 15) is 4.79 Å². The van der Waals surface area contributed by atoms with Gasteiger partial charge in [0.25, 0.3) is 5.91 Å². The van der Waals surface area contributed by atoms with Crippen LogP contribution >= 0.6 is 11.6 Å². The third kappa shape index (κ3) is 3.45. The number of nitrogens with one attached hydrogen (secondary N) is 1. The molecule has 0 saturated heterocycles. The molecule has 4 rings (SSSR count). The lowest BCUT2D eigenvalue weighted by atomic mass is 10.2. The van der Waals surface area contributed by atoms with Crippen molar-refractivity contribution >= 4 is 23.2 Å². The first-order chi connectivity index (χ1) is 13.1. The van der Waals surface area contributed by atoms with Gasteiger partial charge in [-0.3, -0.25) is 4.79 Å². The van der Waals surface area contributed by atoms with Gasteiger partial charge in [0, 0.05) is 23.8 Å². The number of para-hydroxylation sites is 1. The molecular weight excluding hydrogens is 364 g/mol. The molecule has 7 nitrogen and oxygen atoms in total. The van der Waals surface area contributed by atoms with Crippen LogP contribution in [0.2, 0.25) is 5.02 Å². The standard InChI is InChI=1S/C19H15ClN6O/c1-13-22-18(24-26(13)17-5-3-2-4-16(17)20)19(27)23-14-6-8-15(9-7-14)25-11-10-21-12-25/h2-12H,1H3,(H,23,27). The number of carbonyl (C=O) groups is 1. The molecule has 4 aromatic rings. The number of nitrogens with zero attached hydrogens (tertiary/aromatic N) is 5. The highest BCUT2D eigenvalue weighted by Gasteiger charge is 2.16. The Balaban J connectivity index is 1.54. The van der Waals surface area contributed by atoms with Gasteiger partial charge in [0.2, 0.25) is 5.82 Å². The summed E-state index contributed by atoms with van der Waals surface area (Å²) in [6.45, 7) is 1.77. The van der Waals surface area contributed by atoms with E-state index in [0.29, 0.717) is 22.2 Å². The Morgan fingerprint density at radius 3 is 2.59 bits per heavy atom. The lowest BCUT2D eigenvalue weighted by molar-refractivity contribution is 0.101. The fraction of sp³-hybridized carbons (Fsp3) is 0.0526. The van der Waals surface area contributed by atoms with Gasteiger partial charge in [0.05, 0.1) is 17.0 Å². The van der Waals surface area contributed by atoms with Crippen LogP contribution in [0.1, 0.15) is 16.4 Å². The molecule has 0 atom stereocenters. The smallest absolute Gasteiger partial charge is 0.295 e. The third-order valence-corrected chi connectivity index (χ3v) is 4.30. The SMILES string of the molecule is Cc1nc(C(=O)Nc2ccc(-n3ccnc3)cc2)nn1-c1ccccc1Cl. The van der Waals surface area contributed by atoms with Crippen molar-refractivity contribution in [3.8, 4) is 11.4 Å². The molecule has 2 aromatic carbocycles. The molecule has 0 aliphatic rings. The van der Waals surface area contributed by atoms with Crippen LogP contribution < -0.4 is 5.32 Å². The Kier molecular flexibility index (Phi) is 4.43. The molecule has 8 heteroatoms. The second-order valence-corrected chi connectivity index (χ2v) is 6.22. The average molecular weight is 379 g/mol. The summed E-state index contributed by atoms with van der Waals surface area (Å²) >= 11 is 6.21. The molecule has 1 amide bonds. The summed E-state index contributed by atoms with van der Waals surface area (Å²) in [5, 5.41) is 7.63. The van der Waals surface area contributed by atoms with E-state index in [-0.39, 0.29) is 11.7 Å². The summed E-state index contributed by atoms with van der Waals surface area (Å²) < 4.78 is 3.43. The predicted octanol–water partition coefficient (Wildman–Crippen LogP) is 3.67. The van der Waals surface area contributed by atoms with E-state index in [1.807, 2.05) is 53.2 Å². The molecule has 134 valence electrons. The van der Waals surface area contributed by atoms with E-state index < -0.39 is 0 Å². The number of hydrogen-bond donors (Lipinski definition) is 1. The molecule has 0 bridgehead atoms. The summed E-state index contributed by atoms with van der Waals surface area (Å²) in [6, 6.07) is 14.7. The van der Waals surface area contributed by atoms with Gasteiger partial charge in [0.15, 0.2) is 0 Å². The van der Waals surface area contributed by atoms with E-state index >= 15 is 0 Å². The molecule has 0 radical (unpaired) electrons. The van der Waals surface area contributed by atoms with Crippen molar-refractivity contribution in [3.63, 3.8) is 0 Å². The number of aromatic nitrogens is 5. The van der Waals surface area contributed by atoms with Crippen LogP contribution in [-0.2, 0) is 0 Å². The van der Waals surface area contributed by atoms with Crippen molar-refractivity contribution in [1.82, 2.24) is 24.3 Å². The van der Waals surface area contributed by atoms with E-state index in [4.69, 9.17) is 11.6 Å². The zero-order valence-corrected chi connectivity index (χ0v) is 15.1. The molecule has 0 aliphatic carbocycles. The highest BCUT2D eigenvalue weighted by Crippen LogP contribution is 2.20. The number of aryl methyl sites for hydroxylation is 1. The van der Waals surface area contributed by atoms with Crippen LogP contribution in [0.3, 0.4) is 0 Å². The number of benzene rings is 2. The van der Waals surface area contributed by atoms with Gasteiger partial charge < -0.3 is 9.88 Å². The first kappa shape index (κ1) is 17.0. The zero-order valence-electron chi connectivity index (χ0n) is 14.4. The zero-order chi connectivity index (χ0) is 18.8. The monoisotopic (exact) mass is 378 g/mol. The predicted molar refractivity (Wildman–Crippen MR) is 103 cm³/mol. The molecule has 0 aliphatic heterocycles. The van der Waals surface area contributed by atoms with Crippen LogP contribution in [0, 0.1) is 6.92 Å². The molecule has 27 heavy (non-hydrogen) atoms. The Labute approximate surface area is 160 Å². The van der Waals surface area contributed by atoms with Gasteiger partial charge in [-0.25, -0.2) is 14.6 Å². The Bertz CT molecular complexity index is 1090. The molecule has 0 fully saturated rings. The number of amides is 1. The van der Waals surface area contributed by atoms with Crippen molar-refractivity contribution in [3.05, 3.63) is 83.9 Å². The quantitative estimate of drug-likeness (QED) is 0.587. The minimum atomic E-state index is -0.390. The number of halogens is 1. The van der Waals surface area contributed by atoms with E-state index in [1.54, 1.807) is 30.2 Å². The second kappa shape index (κ2) is 7.05. The van der Waals surface area contributed by atoms with Crippen molar-refractivity contribution in [2.45, 2.75) is 6.92 Å². The highest BCUT2D eigenvalue weighted by atomic mass is 35.5. The van der Waals surface area contributed by atoms with E-state index in [2.05, 4.69) is 20.4 Å². The first-order valence-electron chi connectivity index (χ1n) is 8.20. The molecule has 2 aromatic heterocycles. The topological polar surface area (TPSA) is 77.6 Å². The van der Waals surface area contributed by atoms with Crippen LogP contribution in [-0.4, -0.2) is 30.2 Å². The van der Waals surface area contributed by atoms with Crippen molar-refractivity contribution in [2.75, 3.05) is 5.32 Å². The maximum atomic E-state index is 12.5. The van der Waals surface area contributed by atoms with Crippen molar-refractivity contribution < 1.29 is 4.79 Å². The number of anilines is 1. The maximum absolute atomic E-state index is 12.5. The Hall–Kier alpha value is -3.45. The number of imidazole rings is 1. The van der Waals surface area contributed by atoms with Crippen LogP contribution in [0.25, 0.3) is 11.4 Å². The molecule has 1 N–H and O–H groups in total. The molecule has 0 unspecified atom stereocenters. The molecule has 2 heterocycles. The summed E-state index contributed by atoms with van der Waals surface area (Å²) in [5.74, 6) is 0.258. The molecular formula is C19H15ClN6O. The lowest BCUT2D eigenvalue weighted by Crippen LogP contribution is -2.14. The van der Waals surface area contributed by atoms with E-state index in [0.717, 1.165) is 5.69 Å². The van der Waals surface area contributed by atoms with Gasteiger partial charge in [-0.2, -0.15) is 0 Å². The summed E-state index contributed by atoms with van der Waals surface area (Å²) in [7, 11) is 0. The first-order valence-corrected chi connectivity index (χ1v) is 8.58. The number of carbonyl (C=O) groups excluding carboxylic acids is 1. The summed E-state index contributed by atoms with van der Waals surface area (Å²) in [5.41, 5.74) is 2.27. The Morgan fingerprint density at radius 2 is 1.89 bits per heavy atom. The van der Waals surface area contributed by atoms with Gasteiger partial charge in [-0.05, 0) is 43.3 Å². The fourth-order valence-corrected chi connectivity index (χ4v) is 2.87. The van der Waals surface area contributed by atoms with Gasteiger partial charge in [0.1, 0.15) is 5.82 Å². The summed E-state index contributed by atoms with van der Waals surface area (Å²) in [6.07, 6.45) is 5.27. The number of rotatable bonds is 4. The highest BCUT2D eigenvalue weighted by molar-refractivity contribution is 6.32. The third-order valence-electron chi connectivity index (χ3n) is 3.98. The van der Waals surface area contributed by atoms with Gasteiger partial charge in [-0.1, -0.05) is 23.7 Å². The maximum Gasteiger partial charge on any atom is 0.295 e. The lowest BCUT2D eigenvalue weighted by Gasteiger charge is -2.06. The largest absolute Gasteiger partial charge is 0.319 e.